The predicted octanol–water partition coefficient (Wildman–Crippen LogP) is 3.39. The van der Waals surface area contributed by atoms with Gasteiger partial charge < -0.3 is 24.6 Å². The first-order valence-electron chi connectivity index (χ1n) is 12.1. The molecule has 0 aliphatic carbocycles. The van der Waals surface area contributed by atoms with Crippen LogP contribution < -0.4 is 14.8 Å². The summed E-state index contributed by atoms with van der Waals surface area (Å²) in [4.78, 5) is 31.2. The zero-order chi connectivity index (χ0) is 24.2. The first-order valence-corrected chi connectivity index (χ1v) is 12.1. The molecule has 2 aromatic carbocycles. The second kappa shape index (κ2) is 10.5. The van der Waals surface area contributed by atoms with Gasteiger partial charge in [0.1, 0.15) is 0 Å². The number of ether oxygens (including phenoxy) is 2. The SMILES string of the molecule is CCCCN(C)CCNC(=O)[C@H]1c2ccccc2C(=O)N2CCc3cc(OC)c(OC)cc3[C@@H]12. The summed E-state index contributed by atoms with van der Waals surface area (Å²) in [5.41, 5.74) is 3.44. The molecule has 0 saturated heterocycles. The molecule has 2 atom stereocenters. The van der Waals surface area contributed by atoms with E-state index in [1.807, 2.05) is 41.3 Å². The molecule has 0 unspecified atom stereocenters. The van der Waals surface area contributed by atoms with Crippen LogP contribution in [-0.2, 0) is 11.2 Å². The van der Waals surface area contributed by atoms with Crippen molar-refractivity contribution in [3.8, 4) is 11.5 Å². The fourth-order valence-electron chi connectivity index (χ4n) is 5.16. The van der Waals surface area contributed by atoms with Gasteiger partial charge in [-0.25, -0.2) is 0 Å². The zero-order valence-corrected chi connectivity index (χ0v) is 20.6. The molecule has 2 aliphatic rings. The van der Waals surface area contributed by atoms with E-state index in [9.17, 15) is 9.59 Å². The molecule has 2 aromatic rings. The number of methoxy groups -OCH3 is 2. The molecule has 2 amide bonds. The molecule has 0 spiro atoms. The zero-order valence-electron chi connectivity index (χ0n) is 20.6. The van der Waals surface area contributed by atoms with Crippen LogP contribution in [-0.4, -0.2) is 69.1 Å². The highest BCUT2D eigenvalue weighted by Gasteiger charge is 2.46. The number of likely N-dealkylation sites (N-methyl/N-ethyl adjacent to an activating group) is 1. The third kappa shape index (κ3) is 4.49. The summed E-state index contributed by atoms with van der Waals surface area (Å²) in [7, 11) is 5.30. The maximum atomic E-state index is 13.7. The van der Waals surface area contributed by atoms with Crippen LogP contribution in [0.4, 0.5) is 0 Å². The Bertz CT molecular complexity index is 1050. The van der Waals surface area contributed by atoms with Gasteiger partial charge in [0, 0.05) is 25.2 Å². The molecule has 2 heterocycles. The Kier molecular flexibility index (Phi) is 7.41. The number of fused-ring (bicyclic) bond motifs is 4. The van der Waals surface area contributed by atoms with Crippen molar-refractivity contribution >= 4 is 11.8 Å². The first kappa shape index (κ1) is 24.1. The second-order valence-electron chi connectivity index (χ2n) is 9.11. The fourth-order valence-corrected chi connectivity index (χ4v) is 5.16. The summed E-state index contributed by atoms with van der Waals surface area (Å²) < 4.78 is 11.1. The van der Waals surface area contributed by atoms with Crippen molar-refractivity contribution in [2.24, 2.45) is 0 Å². The van der Waals surface area contributed by atoms with Gasteiger partial charge in [0.05, 0.1) is 26.2 Å². The van der Waals surface area contributed by atoms with Gasteiger partial charge in [-0.15, -0.1) is 0 Å². The number of hydrogen-bond donors (Lipinski definition) is 1. The van der Waals surface area contributed by atoms with Crippen LogP contribution in [0.1, 0.15) is 58.8 Å². The number of benzene rings is 2. The van der Waals surface area contributed by atoms with Crippen molar-refractivity contribution in [3.05, 3.63) is 58.7 Å². The summed E-state index contributed by atoms with van der Waals surface area (Å²) >= 11 is 0. The van der Waals surface area contributed by atoms with Crippen molar-refractivity contribution < 1.29 is 19.1 Å². The number of rotatable bonds is 9. The monoisotopic (exact) mass is 465 g/mol. The van der Waals surface area contributed by atoms with Gasteiger partial charge in [-0.3, -0.25) is 9.59 Å². The third-order valence-electron chi connectivity index (χ3n) is 6.99. The molecule has 34 heavy (non-hydrogen) atoms. The van der Waals surface area contributed by atoms with Crippen LogP contribution in [0.5, 0.6) is 11.5 Å². The van der Waals surface area contributed by atoms with Gasteiger partial charge in [0.15, 0.2) is 11.5 Å². The molecule has 0 bridgehead atoms. The highest BCUT2D eigenvalue weighted by atomic mass is 16.5. The Balaban J connectivity index is 1.69. The standard InChI is InChI=1S/C27H35N3O4/c1-5-6-13-29(2)15-12-28-26(31)24-19-9-7-8-10-20(19)27(32)30-14-11-18-16-22(33-3)23(34-4)17-21(18)25(24)30/h7-10,16-17,24-25H,5-6,11-15H2,1-4H3,(H,28,31)/t24-,25-/m0/s1. The lowest BCUT2D eigenvalue weighted by molar-refractivity contribution is -0.124. The van der Waals surface area contributed by atoms with E-state index >= 15 is 0 Å². The molecular weight excluding hydrogens is 430 g/mol. The number of hydrogen-bond acceptors (Lipinski definition) is 5. The van der Waals surface area contributed by atoms with Gasteiger partial charge in [0.2, 0.25) is 5.91 Å². The van der Waals surface area contributed by atoms with E-state index in [2.05, 4.69) is 24.2 Å². The van der Waals surface area contributed by atoms with Crippen LogP contribution >= 0.6 is 0 Å². The first-order chi connectivity index (χ1) is 16.5. The Morgan fingerprint density at radius 3 is 2.59 bits per heavy atom. The molecule has 2 aliphatic heterocycles. The Hall–Kier alpha value is -3.06. The van der Waals surface area contributed by atoms with Crippen molar-refractivity contribution in [2.45, 2.75) is 38.1 Å². The van der Waals surface area contributed by atoms with E-state index in [1.165, 1.54) is 0 Å². The van der Waals surface area contributed by atoms with Gasteiger partial charge >= 0.3 is 0 Å². The van der Waals surface area contributed by atoms with E-state index in [0.717, 1.165) is 42.6 Å². The van der Waals surface area contributed by atoms with Crippen molar-refractivity contribution in [1.29, 1.82) is 0 Å². The molecule has 4 rings (SSSR count). The third-order valence-corrected chi connectivity index (χ3v) is 6.99. The molecule has 7 heteroatoms. The highest BCUT2D eigenvalue weighted by molar-refractivity contribution is 6.01. The molecule has 0 fully saturated rings. The second-order valence-corrected chi connectivity index (χ2v) is 9.11. The van der Waals surface area contributed by atoms with Crippen molar-refractivity contribution in [1.82, 2.24) is 15.1 Å². The summed E-state index contributed by atoms with van der Waals surface area (Å²) in [6, 6.07) is 11.0. The van der Waals surface area contributed by atoms with Crippen LogP contribution in [0, 0.1) is 0 Å². The van der Waals surface area contributed by atoms with Crippen LogP contribution in [0.15, 0.2) is 36.4 Å². The van der Waals surface area contributed by atoms with E-state index in [0.29, 0.717) is 36.6 Å². The van der Waals surface area contributed by atoms with Crippen LogP contribution in [0.25, 0.3) is 0 Å². The largest absolute Gasteiger partial charge is 0.493 e. The van der Waals surface area contributed by atoms with Gasteiger partial charge in [-0.2, -0.15) is 0 Å². The van der Waals surface area contributed by atoms with E-state index < -0.39 is 5.92 Å². The lowest BCUT2D eigenvalue weighted by atomic mass is 9.75. The molecule has 0 aromatic heterocycles. The Morgan fingerprint density at radius 1 is 1.12 bits per heavy atom. The number of nitrogens with one attached hydrogen (secondary N) is 1. The minimum atomic E-state index is -0.494. The summed E-state index contributed by atoms with van der Waals surface area (Å²) in [5.74, 6) is 0.692. The lowest BCUT2D eigenvalue weighted by Crippen LogP contribution is -2.50. The topological polar surface area (TPSA) is 71.1 Å². The van der Waals surface area contributed by atoms with Gasteiger partial charge in [-0.1, -0.05) is 31.5 Å². The fraction of sp³-hybridized carbons (Fsp3) is 0.481. The number of nitrogens with zero attached hydrogens (tertiary/aromatic N) is 2. The number of unbranched alkanes of at least 4 members (excludes halogenated alkanes) is 1. The minimum Gasteiger partial charge on any atom is -0.493 e. The van der Waals surface area contributed by atoms with E-state index in [4.69, 9.17) is 9.47 Å². The smallest absolute Gasteiger partial charge is 0.254 e. The molecule has 1 N–H and O–H groups in total. The van der Waals surface area contributed by atoms with Crippen LogP contribution in [0.3, 0.4) is 0 Å². The van der Waals surface area contributed by atoms with E-state index in [-0.39, 0.29) is 17.9 Å². The normalized spacial score (nSPS) is 18.7. The molecule has 0 saturated carbocycles. The predicted molar refractivity (Wildman–Crippen MR) is 132 cm³/mol. The van der Waals surface area contributed by atoms with E-state index in [1.54, 1.807) is 14.2 Å². The number of amides is 2. The summed E-state index contributed by atoms with van der Waals surface area (Å²) in [6.07, 6.45) is 2.99. The molecule has 7 nitrogen and oxygen atoms in total. The number of carbonyl (C=O) groups is 2. The highest BCUT2D eigenvalue weighted by Crippen LogP contribution is 2.48. The lowest BCUT2D eigenvalue weighted by Gasteiger charge is -2.45. The Labute approximate surface area is 202 Å². The van der Waals surface area contributed by atoms with Crippen LogP contribution in [0.2, 0.25) is 0 Å². The quantitative estimate of drug-likeness (QED) is 0.615. The van der Waals surface area contributed by atoms with Crippen molar-refractivity contribution in [3.63, 3.8) is 0 Å². The molecule has 182 valence electrons. The average molecular weight is 466 g/mol. The molecular formula is C27H35N3O4. The Morgan fingerprint density at radius 2 is 1.85 bits per heavy atom. The number of carbonyl (C=O) groups excluding carboxylic acids is 2. The summed E-state index contributed by atoms with van der Waals surface area (Å²) in [5, 5.41) is 3.16. The average Bonchev–Trinajstić information content (AvgIpc) is 2.86. The maximum absolute atomic E-state index is 13.7. The molecule has 0 radical (unpaired) electrons. The maximum Gasteiger partial charge on any atom is 0.254 e. The van der Waals surface area contributed by atoms with Gasteiger partial charge in [0.25, 0.3) is 5.91 Å². The minimum absolute atomic E-state index is 0.0237. The summed E-state index contributed by atoms with van der Waals surface area (Å²) in [6.45, 7) is 5.10. The van der Waals surface area contributed by atoms with Gasteiger partial charge in [-0.05, 0) is 61.3 Å². The van der Waals surface area contributed by atoms with Crippen molar-refractivity contribution in [2.75, 3.05) is 47.4 Å².